The van der Waals surface area contributed by atoms with Gasteiger partial charge in [0.1, 0.15) is 11.4 Å². The van der Waals surface area contributed by atoms with E-state index in [2.05, 4.69) is 43.9 Å². The monoisotopic (exact) mass is 497 g/mol. The Bertz CT molecular complexity index is 980. The van der Waals surface area contributed by atoms with Gasteiger partial charge in [0.25, 0.3) is 0 Å². The molecule has 0 saturated heterocycles. The Morgan fingerprint density at radius 3 is 1.47 bits per heavy atom. The molecule has 0 fully saturated rings. The fourth-order valence-corrected chi connectivity index (χ4v) is 3.88. The number of anilines is 1. The Morgan fingerprint density at radius 2 is 1.09 bits per heavy atom. The van der Waals surface area contributed by atoms with Crippen molar-refractivity contribution in [1.82, 2.24) is 20.7 Å². The van der Waals surface area contributed by atoms with Gasteiger partial charge in [-0.05, 0) is 64.3 Å². The molecule has 0 spiro atoms. The second-order valence-electron chi connectivity index (χ2n) is 7.29. The van der Waals surface area contributed by atoms with Gasteiger partial charge >= 0.3 is 0 Å². The summed E-state index contributed by atoms with van der Waals surface area (Å²) in [5.74, 6) is 0. The SMILES string of the molecule is CCN(CC)C(=S)N/N=C(/C(=N/NC(=S)N(CC)CC)c1ccc(NC)cc1)c1ccccc1. The fraction of sp³-hybridized carbons (Fsp3) is 0.360. The lowest BCUT2D eigenvalue weighted by molar-refractivity contribution is 0.457. The number of hydrogen-bond acceptors (Lipinski definition) is 5. The van der Waals surface area contributed by atoms with E-state index >= 15 is 0 Å². The van der Waals surface area contributed by atoms with Gasteiger partial charge in [-0.2, -0.15) is 10.2 Å². The molecule has 0 saturated carbocycles. The van der Waals surface area contributed by atoms with Crippen LogP contribution in [0.1, 0.15) is 38.8 Å². The zero-order valence-electron chi connectivity index (χ0n) is 20.6. The molecule has 182 valence electrons. The molecule has 0 aromatic heterocycles. The zero-order valence-corrected chi connectivity index (χ0v) is 22.3. The van der Waals surface area contributed by atoms with Crippen molar-refractivity contribution in [3.8, 4) is 0 Å². The lowest BCUT2D eigenvalue weighted by atomic mass is 9.99. The van der Waals surface area contributed by atoms with Crippen molar-refractivity contribution in [3.05, 3.63) is 65.7 Å². The summed E-state index contributed by atoms with van der Waals surface area (Å²) >= 11 is 11.1. The lowest BCUT2D eigenvalue weighted by Gasteiger charge is -2.22. The molecule has 2 aromatic carbocycles. The van der Waals surface area contributed by atoms with Crippen molar-refractivity contribution in [2.75, 3.05) is 38.5 Å². The summed E-state index contributed by atoms with van der Waals surface area (Å²) < 4.78 is 0. The van der Waals surface area contributed by atoms with Crippen LogP contribution in [0.4, 0.5) is 5.69 Å². The number of thiocarbonyl (C=S) groups is 2. The highest BCUT2D eigenvalue weighted by atomic mass is 32.1. The maximum absolute atomic E-state index is 5.57. The van der Waals surface area contributed by atoms with Crippen LogP contribution in [0.15, 0.2) is 64.8 Å². The van der Waals surface area contributed by atoms with E-state index in [-0.39, 0.29) is 0 Å². The van der Waals surface area contributed by atoms with E-state index in [1.807, 2.05) is 71.4 Å². The van der Waals surface area contributed by atoms with E-state index < -0.39 is 0 Å². The second kappa shape index (κ2) is 14.3. The minimum absolute atomic E-state index is 0.563. The average molecular weight is 498 g/mol. The molecular weight excluding hydrogens is 462 g/mol. The molecule has 0 aliphatic rings. The Hall–Kier alpha value is -3.04. The molecule has 0 aliphatic heterocycles. The van der Waals surface area contributed by atoms with Gasteiger partial charge in [-0.1, -0.05) is 42.5 Å². The Morgan fingerprint density at radius 1 is 0.676 bits per heavy atom. The van der Waals surface area contributed by atoms with E-state index in [1.54, 1.807) is 0 Å². The van der Waals surface area contributed by atoms with Gasteiger partial charge in [0.15, 0.2) is 10.2 Å². The third-order valence-electron chi connectivity index (χ3n) is 5.35. The van der Waals surface area contributed by atoms with Gasteiger partial charge in [0, 0.05) is 50.0 Å². The minimum atomic E-state index is 0.563. The van der Waals surface area contributed by atoms with Gasteiger partial charge in [0.2, 0.25) is 0 Å². The molecular formula is C25H35N7S2. The highest BCUT2D eigenvalue weighted by Crippen LogP contribution is 2.14. The number of benzene rings is 2. The van der Waals surface area contributed by atoms with Gasteiger partial charge in [0.05, 0.1) is 0 Å². The van der Waals surface area contributed by atoms with Crippen LogP contribution in [0.2, 0.25) is 0 Å². The molecule has 7 nitrogen and oxygen atoms in total. The Balaban J connectivity index is 2.57. The van der Waals surface area contributed by atoms with Crippen molar-refractivity contribution < 1.29 is 0 Å². The van der Waals surface area contributed by atoms with Crippen LogP contribution in [-0.2, 0) is 0 Å². The van der Waals surface area contributed by atoms with Crippen molar-refractivity contribution in [1.29, 1.82) is 0 Å². The second-order valence-corrected chi connectivity index (χ2v) is 8.07. The van der Waals surface area contributed by atoms with Gasteiger partial charge in [-0.3, -0.25) is 10.9 Å². The van der Waals surface area contributed by atoms with E-state index in [4.69, 9.17) is 34.6 Å². The highest BCUT2D eigenvalue weighted by Gasteiger charge is 2.17. The smallest absolute Gasteiger partial charge is 0.189 e. The van der Waals surface area contributed by atoms with E-state index in [0.717, 1.165) is 43.0 Å². The summed E-state index contributed by atoms with van der Waals surface area (Å²) in [7, 11) is 1.89. The van der Waals surface area contributed by atoms with Gasteiger partial charge in [-0.15, -0.1) is 0 Å². The molecule has 0 atom stereocenters. The number of rotatable bonds is 10. The Kier molecular flexibility index (Phi) is 11.4. The third-order valence-corrected chi connectivity index (χ3v) is 6.05. The maximum Gasteiger partial charge on any atom is 0.189 e. The molecule has 3 N–H and O–H groups in total. The van der Waals surface area contributed by atoms with Crippen LogP contribution >= 0.6 is 24.4 Å². The molecule has 2 rings (SSSR count). The standard InChI is InChI=1S/C25H35N7S2/c1-6-31(7-2)24(33)29-27-22(19-13-11-10-12-14-19)23(20-15-17-21(26-5)18-16-20)28-30-25(34)32(8-3)9-4/h10-18,26H,6-9H2,1-5H3,(H,29,33)(H,30,34)/b27-22+,28-23+. The molecule has 2 aromatic rings. The molecule has 9 heteroatoms. The fourth-order valence-electron chi connectivity index (χ4n) is 3.27. The largest absolute Gasteiger partial charge is 0.388 e. The minimum Gasteiger partial charge on any atom is -0.388 e. The third kappa shape index (κ3) is 7.50. The topological polar surface area (TPSA) is 67.3 Å². The first-order chi connectivity index (χ1) is 16.5. The van der Waals surface area contributed by atoms with E-state index in [1.165, 1.54) is 0 Å². The van der Waals surface area contributed by atoms with Crippen molar-refractivity contribution in [2.45, 2.75) is 27.7 Å². The summed E-state index contributed by atoms with van der Waals surface area (Å²) in [6, 6.07) is 18.0. The van der Waals surface area contributed by atoms with E-state index in [9.17, 15) is 0 Å². The highest BCUT2D eigenvalue weighted by molar-refractivity contribution is 7.80. The molecule has 0 heterocycles. The number of nitrogens with one attached hydrogen (secondary N) is 3. The molecule has 0 bridgehead atoms. The predicted molar refractivity (Wildman–Crippen MR) is 153 cm³/mol. The average Bonchev–Trinajstić information content (AvgIpc) is 2.88. The van der Waals surface area contributed by atoms with Crippen LogP contribution in [0.3, 0.4) is 0 Å². The van der Waals surface area contributed by atoms with Crippen molar-refractivity contribution >= 4 is 51.8 Å². The van der Waals surface area contributed by atoms with Gasteiger partial charge in [-0.25, -0.2) is 0 Å². The van der Waals surface area contributed by atoms with Gasteiger partial charge < -0.3 is 15.1 Å². The van der Waals surface area contributed by atoms with Crippen molar-refractivity contribution in [3.63, 3.8) is 0 Å². The maximum atomic E-state index is 5.57. The van der Waals surface area contributed by atoms with Crippen LogP contribution in [0.5, 0.6) is 0 Å². The zero-order chi connectivity index (χ0) is 24.9. The summed E-state index contributed by atoms with van der Waals surface area (Å²) in [5, 5.41) is 13.8. The first kappa shape index (κ1) is 27.2. The summed E-state index contributed by atoms with van der Waals surface area (Å²) in [6.07, 6.45) is 0. The quantitative estimate of drug-likeness (QED) is 0.257. The van der Waals surface area contributed by atoms with Crippen LogP contribution in [0, 0.1) is 0 Å². The van der Waals surface area contributed by atoms with Crippen molar-refractivity contribution in [2.24, 2.45) is 10.2 Å². The molecule has 0 radical (unpaired) electrons. The summed E-state index contributed by atoms with van der Waals surface area (Å²) in [6.45, 7) is 11.4. The normalized spacial score (nSPS) is 11.6. The number of nitrogens with zero attached hydrogens (tertiary/aromatic N) is 4. The van der Waals surface area contributed by atoms with Crippen LogP contribution < -0.4 is 16.2 Å². The summed E-state index contributed by atoms with van der Waals surface area (Å²) in [4.78, 5) is 4.07. The van der Waals surface area contributed by atoms with Crippen LogP contribution in [0.25, 0.3) is 0 Å². The predicted octanol–water partition coefficient (Wildman–Crippen LogP) is 4.27. The Labute approximate surface area is 214 Å². The number of hydrogen-bond donors (Lipinski definition) is 3. The first-order valence-electron chi connectivity index (χ1n) is 11.6. The molecule has 34 heavy (non-hydrogen) atoms. The van der Waals surface area contributed by atoms with E-state index in [0.29, 0.717) is 21.6 Å². The molecule has 0 aliphatic carbocycles. The summed E-state index contributed by atoms with van der Waals surface area (Å²) in [5.41, 5.74) is 10.3. The molecule has 0 unspecified atom stereocenters. The lowest BCUT2D eigenvalue weighted by Crippen LogP contribution is -2.39. The first-order valence-corrected chi connectivity index (χ1v) is 12.4. The number of hydrazone groups is 2. The molecule has 0 amide bonds. The van der Waals surface area contributed by atoms with Crippen LogP contribution in [-0.4, -0.2) is 64.7 Å².